The first-order chi connectivity index (χ1) is 7.48. The van der Waals surface area contributed by atoms with E-state index in [1.165, 1.54) is 12.8 Å². The monoisotopic (exact) mass is 219 g/mol. The molecule has 0 saturated carbocycles. The number of nitrogens with zero attached hydrogens (tertiary/aromatic N) is 2. The summed E-state index contributed by atoms with van der Waals surface area (Å²) in [5, 5.41) is 0. The molecule has 1 fully saturated rings. The van der Waals surface area contributed by atoms with Gasteiger partial charge in [-0.3, -0.25) is 0 Å². The molecular formula is C13H21N3. The highest BCUT2D eigenvalue weighted by molar-refractivity contribution is 5.54. The Balaban J connectivity index is 2.11. The molecule has 0 spiro atoms. The number of aryl methyl sites for hydroxylation is 1. The molecule has 2 N–H and O–H groups in total. The fourth-order valence-electron chi connectivity index (χ4n) is 2.04. The van der Waals surface area contributed by atoms with Crippen LogP contribution in [0.15, 0.2) is 12.3 Å². The molecule has 0 bridgehead atoms. The summed E-state index contributed by atoms with van der Waals surface area (Å²) < 4.78 is 0. The van der Waals surface area contributed by atoms with Crippen LogP contribution in [0.1, 0.15) is 32.3 Å². The molecule has 1 aliphatic rings. The number of pyridine rings is 1. The van der Waals surface area contributed by atoms with E-state index in [0.29, 0.717) is 5.41 Å². The fraction of sp³-hybridized carbons (Fsp3) is 0.615. The average molecular weight is 219 g/mol. The third-order valence-electron chi connectivity index (χ3n) is 3.57. The molecule has 1 aromatic rings. The lowest BCUT2D eigenvalue weighted by Crippen LogP contribution is -2.37. The van der Waals surface area contributed by atoms with Gasteiger partial charge in [-0.25, -0.2) is 4.98 Å². The Bertz CT molecular complexity index is 375. The number of aromatic nitrogens is 1. The maximum absolute atomic E-state index is 5.91. The average Bonchev–Trinajstić information content (AvgIpc) is 2.22. The maximum Gasteiger partial charge on any atom is 0.130 e. The largest absolute Gasteiger partial charge is 0.398 e. The molecular weight excluding hydrogens is 198 g/mol. The van der Waals surface area contributed by atoms with Gasteiger partial charge in [0.05, 0.1) is 0 Å². The molecule has 2 rings (SSSR count). The quantitative estimate of drug-likeness (QED) is 0.789. The van der Waals surface area contributed by atoms with Gasteiger partial charge in [-0.1, -0.05) is 13.8 Å². The summed E-state index contributed by atoms with van der Waals surface area (Å²) in [6.07, 6.45) is 4.31. The molecule has 3 heteroatoms. The van der Waals surface area contributed by atoms with Gasteiger partial charge >= 0.3 is 0 Å². The second kappa shape index (κ2) is 3.96. The van der Waals surface area contributed by atoms with Gasteiger partial charge in [-0.05, 0) is 30.7 Å². The topological polar surface area (TPSA) is 42.2 Å². The van der Waals surface area contributed by atoms with Crippen LogP contribution in [-0.4, -0.2) is 18.1 Å². The van der Waals surface area contributed by atoms with Crippen molar-refractivity contribution in [2.45, 2.75) is 33.6 Å². The van der Waals surface area contributed by atoms with Crippen molar-refractivity contribution >= 4 is 11.5 Å². The van der Waals surface area contributed by atoms with E-state index >= 15 is 0 Å². The molecule has 0 amide bonds. The van der Waals surface area contributed by atoms with Gasteiger partial charge in [0.15, 0.2) is 0 Å². The standard InChI is InChI=1S/C13H21N3/c1-10-9-15-12(8-11(10)14)16-6-4-13(2,3)5-7-16/h8-9H,4-7H2,1-3H3,(H2,14,15). The molecule has 88 valence electrons. The molecule has 16 heavy (non-hydrogen) atoms. The van der Waals surface area contributed by atoms with Crippen molar-refractivity contribution < 1.29 is 0 Å². The zero-order chi connectivity index (χ0) is 11.8. The first kappa shape index (κ1) is 11.2. The van der Waals surface area contributed by atoms with Gasteiger partial charge in [-0.2, -0.15) is 0 Å². The molecule has 2 heterocycles. The van der Waals surface area contributed by atoms with E-state index in [2.05, 4.69) is 23.7 Å². The normalized spacial score (nSPS) is 19.8. The van der Waals surface area contributed by atoms with E-state index in [1.807, 2.05) is 19.2 Å². The summed E-state index contributed by atoms with van der Waals surface area (Å²) in [7, 11) is 0. The molecule has 1 saturated heterocycles. The lowest BCUT2D eigenvalue weighted by atomic mass is 9.83. The van der Waals surface area contributed by atoms with Crippen LogP contribution in [0, 0.1) is 12.3 Å². The Morgan fingerprint density at radius 3 is 2.50 bits per heavy atom. The Morgan fingerprint density at radius 1 is 1.31 bits per heavy atom. The van der Waals surface area contributed by atoms with Crippen LogP contribution < -0.4 is 10.6 Å². The van der Waals surface area contributed by atoms with E-state index in [4.69, 9.17) is 5.73 Å². The van der Waals surface area contributed by atoms with Gasteiger partial charge < -0.3 is 10.6 Å². The van der Waals surface area contributed by atoms with Crippen molar-refractivity contribution in [1.29, 1.82) is 0 Å². The minimum absolute atomic E-state index is 0.479. The highest BCUT2D eigenvalue weighted by atomic mass is 15.2. The summed E-state index contributed by atoms with van der Waals surface area (Å²) in [4.78, 5) is 6.79. The molecule has 0 aromatic carbocycles. The molecule has 0 unspecified atom stereocenters. The van der Waals surface area contributed by atoms with Crippen molar-refractivity contribution in [3.8, 4) is 0 Å². The molecule has 1 aromatic heterocycles. The van der Waals surface area contributed by atoms with E-state index < -0.39 is 0 Å². The summed E-state index contributed by atoms with van der Waals surface area (Å²) in [6.45, 7) is 8.83. The van der Waals surface area contributed by atoms with Crippen molar-refractivity contribution in [3.63, 3.8) is 0 Å². The SMILES string of the molecule is Cc1cnc(N2CCC(C)(C)CC2)cc1N. The number of hydrogen-bond acceptors (Lipinski definition) is 3. The van der Waals surface area contributed by atoms with Crippen molar-refractivity contribution in [2.24, 2.45) is 5.41 Å². The van der Waals surface area contributed by atoms with Crippen LogP contribution in [0.5, 0.6) is 0 Å². The zero-order valence-corrected chi connectivity index (χ0v) is 10.5. The Kier molecular flexibility index (Phi) is 2.78. The maximum atomic E-state index is 5.91. The number of nitrogen functional groups attached to an aromatic ring is 1. The van der Waals surface area contributed by atoms with Gasteiger partial charge in [0, 0.05) is 31.0 Å². The number of rotatable bonds is 1. The van der Waals surface area contributed by atoms with Gasteiger partial charge in [-0.15, -0.1) is 0 Å². The van der Waals surface area contributed by atoms with E-state index in [1.54, 1.807) is 0 Å². The fourth-order valence-corrected chi connectivity index (χ4v) is 2.04. The Hall–Kier alpha value is -1.25. The first-order valence-electron chi connectivity index (χ1n) is 5.95. The van der Waals surface area contributed by atoms with Crippen LogP contribution in [0.3, 0.4) is 0 Å². The lowest BCUT2D eigenvalue weighted by molar-refractivity contribution is 0.279. The highest BCUT2D eigenvalue weighted by Gasteiger charge is 2.25. The van der Waals surface area contributed by atoms with Crippen molar-refractivity contribution in [3.05, 3.63) is 17.8 Å². The zero-order valence-electron chi connectivity index (χ0n) is 10.5. The lowest BCUT2D eigenvalue weighted by Gasteiger charge is -2.37. The number of hydrogen-bond donors (Lipinski definition) is 1. The second-order valence-electron chi connectivity index (χ2n) is 5.55. The molecule has 3 nitrogen and oxygen atoms in total. The first-order valence-corrected chi connectivity index (χ1v) is 5.95. The van der Waals surface area contributed by atoms with Crippen molar-refractivity contribution in [2.75, 3.05) is 23.7 Å². The predicted molar refractivity (Wildman–Crippen MR) is 68.6 cm³/mol. The highest BCUT2D eigenvalue weighted by Crippen LogP contribution is 2.32. The second-order valence-corrected chi connectivity index (χ2v) is 5.55. The summed E-state index contributed by atoms with van der Waals surface area (Å²) in [5.41, 5.74) is 8.29. The van der Waals surface area contributed by atoms with Crippen LogP contribution in [0.25, 0.3) is 0 Å². The number of anilines is 2. The van der Waals surface area contributed by atoms with Crippen LogP contribution >= 0.6 is 0 Å². The Labute approximate surface area is 97.7 Å². The van der Waals surface area contributed by atoms with Crippen LogP contribution in [0.2, 0.25) is 0 Å². The van der Waals surface area contributed by atoms with E-state index in [9.17, 15) is 0 Å². The van der Waals surface area contributed by atoms with Crippen LogP contribution in [0.4, 0.5) is 11.5 Å². The van der Waals surface area contributed by atoms with E-state index in [0.717, 1.165) is 30.2 Å². The van der Waals surface area contributed by atoms with Gasteiger partial charge in [0.25, 0.3) is 0 Å². The third kappa shape index (κ3) is 2.29. The number of nitrogens with two attached hydrogens (primary N) is 1. The molecule has 0 radical (unpaired) electrons. The number of piperidine rings is 1. The van der Waals surface area contributed by atoms with E-state index in [-0.39, 0.29) is 0 Å². The molecule has 1 aliphatic heterocycles. The summed E-state index contributed by atoms with van der Waals surface area (Å²) >= 11 is 0. The molecule has 0 atom stereocenters. The van der Waals surface area contributed by atoms with Crippen molar-refractivity contribution in [1.82, 2.24) is 4.98 Å². The van der Waals surface area contributed by atoms with Gasteiger partial charge in [0.1, 0.15) is 5.82 Å². The summed E-state index contributed by atoms with van der Waals surface area (Å²) in [5.74, 6) is 1.03. The summed E-state index contributed by atoms with van der Waals surface area (Å²) in [6, 6.07) is 1.99. The smallest absolute Gasteiger partial charge is 0.130 e. The van der Waals surface area contributed by atoms with Gasteiger partial charge in [0.2, 0.25) is 0 Å². The predicted octanol–water partition coefficient (Wildman–Crippen LogP) is 2.60. The Morgan fingerprint density at radius 2 is 1.94 bits per heavy atom. The minimum atomic E-state index is 0.479. The minimum Gasteiger partial charge on any atom is -0.398 e. The van der Waals surface area contributed by atoms with Crippen LogP contribution in [-0.2, 0) is 0 Å². The third-order valence-corrected chi connectivity index (χ3v) is 3.57. The molecule has 0 aliphatic carbocycles.